The van der Waals surface area contributed by atoms with Crippen LogP contribution in [0.25, 0.3) is 10.4 Å². The Morgan fingerprint density at radius 3 is 3.25 bits per heavy atom. The summed E-state index contributed by atoms with van der Waals surface area (Å²) in [6.07, 6.45) is 1.02. The van der Waals surface area contributed by atoms with Gasteiger partial charge in [0.15, 0.2) is 0 Å². The molecule has 1 N–H and O–H groups in total. The lowest BCUT2D eigenvalue weighted by Gasteiger charge is -1.98. The van der Waals surface area contributed by atoms with Crippen molar-refractivity contribution in [3.8, 4) is 0 Å². The van der Waals surface area contributed by atoms with E-state index in [-0.39, 0.29) is 0 Å². The second-order valence-corrected chi connectivity index (χ2v) is 2.71. The molecule has 0 atom stereocenters. The van der Waals surface area contributed by atoms with Gasteiger partial charge in [0, 0.05) is 22.8 Å². The van der Waals surface area contributed by atoms with E-state index in [1.807, 2.05) is 18.2 Å². The van der Waals surface area contributed by atoms with E-state index in [0.717, 1.165) is 18.7 Å². The Kier molecular flexibility index (Phi) is 1.61. The number of azide groups is 1. The summed E-state index contributed by atoms with van der Waals surface area (Å²) >= 11 is 0. The largest absolute Gasteiger partial charge is 0.384 e. The van der Waals surface area contributed by atoms with Gasteiger partial charge in [0.2, 0.25) is 0 Å². The fraction of sp³-hybridized carbons (Fsp3) is 0.250. The van der Waals surface area contributed by atoms with Crippen molar-refractivity contribution in [2.45, 2.75) is 6.42 Å². The van der Waals surface area contributed by atoms with Crippen LogP contribution in [0.2, 0.25) is 0 Å². The molecule has 4 heteroatoms. The van der Waals surface area contributed by atoms with Gasteiger partial charge in [0.1, 0.15) is 0 Å². The zero-order chi connectivity index (χ0) is 8.39. The molecule has 1 aliphatic heterocycles. The topological polar surface area (TPSA) is 60.8 Å². The molecule has 0 saturated carbocycles. The molecule has 0 amide bonds. The van der Waals surface area contributed by atoms with Gasteiger partial charge in [-0.05, 0) is 29.6 Å². The summed E-state index contributed by atoms with van der Waals surface area (Å²) in [5.41, 5.74) is 11.3. The summed E-state index contributed by atoms with van der Waals surface area (Å²) in [4.78, 5) is 2.74. The number of hydrogen-bond acceptors (Lipinski definition) is 2. The standard InChI is InChI=1S/C8H8N4/c9-12-11-7-1-2-8-6(5-7)3-4-10-8/h1-2,5,10H,3-4H2. The quantitative estimate of drug-likeness (QED) is 0.383. The molecule has 1 heterocycles. The van der Waals surface area contributed by atoms with E-state index in [1.54, 1.807) is 0 Å². The Bertz CT molecular complexity index is 352. The minimum atomic E-state index is 0.694. The predicted octanol–water partition coefficient (Wildman–Crippen LogP) is 2.60. The lowest BCUT2D eigenvalue weighted by Crippen LogP contribution is -1.90. The zero-order valence-corrected chi connectivity index (χ0v) is 6.49. The van der Waals surface area contributed by atoms with Crippen LogP contribution in [-0.2, 0) is 6.42 Å². The van der Waals surface area contributed by atoms with Crippen LogP contribution >= 0.6 is 0 Å². The molecule has 4 nitrogen and oxygen atoms in total. The fourth-order valence-electron chi connectivity index (χ4n) is 1.41. The van der Waals surface area contributed by atoms with Crippen molar-refractivity contribution in [1.82, 2.24) is 0 Å². The van der Waals surface area contributed by atoms with Gasteiger partial charge in [-0.15, -0.1) is 0 Å². The number of anilines is 1. The first-order valence-corrected chi connectivity index (χ1v) is 3.82. The van der Waals surface area contributed by atoms with Crippen LogP contribution in [0.3, 0.4) is 0 Å². The van der Waals surface area contributed by atoms with E-state index in [1.165, 1.54) is 5.56 Å². The highest BCUT2D eigenvalue weighted by atomic mass is 15.1. The highest BCUT2D eigenvalue weighted by Gasteiger charge is 2.08. The lowest BCUT2D eigenvalue weighted by molar-refractivity contribution is 1.11. The molecule has 0 radical (unpaired) electrons. The summed E-state index contributed by atoms with van der Waals surface area (Å²) in [5, 5.41) is 6.77. The van der Waals surface area contributed by atoms with E-state index in [2.05, 4.69) is 15.3 Å². The Morgan fingerprint density at radius 2 is 2.42 bits per heavy atom. The van der Waals surface area contributed by atoms with Crippen LogP contribution in [-0.4, -0.2) is 6.54 Å². The Labute approximate surface area is 69.8 Å². The Morgan fingerprint density at radius 1 is 1.50 bits per heavy atom. The first kappa shape index (κ1) is 7.00. The molecule has 12 heavy (non-hydrogen) atoms. The van der Waals surface area contributed by atoms with E-state index < -0.39 is 0 Å². The molecule has 0 saturated heterocycles. The maximum absolute atomic E-state index is 8.21. The molecule has 0 fully saturated rings. The van der Waals surface area contributed by atoms with Gasteiger partial charge in [0.25, 0.3) is 0 Å². The second-order valence-electron chi connectivity index (χ2n) is 2.71. The van der Waals surface area contributed by atoms with Crippen LogP contribution < -0.4 is 5.32 Å². The van der Waals surface area contributed by atoms with E-state index in [0.29, 0.717) is 5.69 Å². The molecule has 0 spiro atoms. The number of rotatable bonds is 1. The molecular weight excluding hydrogens is 152 g/mol. The average Bonchev–Trinajstić information content (AvgIpc) is 2.51. The summed E-state index contributed by atoms with van der Waals surface area (Å²) < 4.78 is 0. The van der Waals surface area contributed by atoms with Crippen LogP contribution in [0.15, 0.2) is 23.3 Å². The Hall–Kier alpha value is -1.67. The van der Waals surface area contributed by atoms with Crippen molar-refractivity contribution in [3.05, 3.63) is 34.2 Å². The summed E-state index contributed by atoms with van der Waals surface area (Å²) in [5.74, 6) is 0. The molecule has 1 aromatic rings. The van der Waals surface area contributed by atoms with Gasteiger partial charge in [-0.25, -0.2) is 0 Å². The van der Waals surface area contributed by atoms with Gasteiger partial charge in [-0.2, -0.15) is 0 Å². The van der Waals surface area contributed by atoms with Gasteiger partial charge in [-0.3, -0.25) is 0 Å². The number of fused-ring (bicyclic) bond motifs is 1. The van der Waals surface area contributed by atoms with Crippen LogP contribution in [0.5, 0.6) is 0 Å². The van der Waals surface area contributed by atoms with Gasteiger partial charge in [0.05, 0.1) is 0 Å². The zero-order valence-electron chi connectivity index (χ0n) is 6.49. The van der Waals surface area contributed by atoms with Crippen molar-refractivity contribution in [1.29, 1.82) is 0 Å². The van der Waals surface area contributed by atoms with Gasteiger partial charge >= 0.3 is 0 Å². The minimum Gasteiger partial charge on any atom is -0.384 e. The first-order chi connectivity index (χ1) is 5.90. The fourth-order valence-corrected chi connectivity index (χ4v) is 1.41. The average molecular weight is 160 g/mol. The second kappa shape index (κ2) is 2.75. The third-order valence-corrected chi connectivity index (χ3v) is 1.96. The third-order valence-electron chi connectivity index (χ3n) is 1.96. The SMILES string of the molecule is [N-]=[N+]=Nc1ccc2c(c1)CCN2. The maximum atomic E-state index is 8.21. The summed E-state index contributed by atoms with van der Waals surface area (Å²) in [7, 11) is 0. The molecule has 1 aromatic carbocycles. The minimum absolute atomic E-state index is 0.694. The van der Waals surface area contributed by atoms with Gasteiger partial charge < -0.3 is 5.32 Å². The van der Waals surface area contributed by atoms with Crippen molar-refractivity contribution < 1.29 is 0 Å². The normalized spacial score (nSPS) is 13.0. The monoisotopic (exact) mass is 160 g/mol. The molecule has 2 rings (SSSR count). The molecule has 0 aliphatic carbocycles. The van der Waals surface area contributed by atoms with Crippen molar-refractivity contribution in [2.75, 3.05) is 11.9 Å². The van der Waals surface area contributed by atoms with E-state index in [9.17, 15) is 0 Å². The van der Waals surface area contributed by atoms with Gasteiger partial charge in [-0.1, -0.05) is 11.2 Å². The molecule has 60 valence electrons. The smallest absolute Gasteiger partial charge is 0.0379 e. The lowest BCUT2D eigenvalue weighted by atomic mass is 10.1. The Balaban J connectivity index is 2.45. The molecule has 0 bridgehead atoms. The molecule has 0 unspecified atom stereocenters. The number of benzene rings is 1. The highest BCUT2D eigenvalue weighted by Crippen LogP contribution is 2.26. The molecule has 0 aromatic heterocycles. The number of hydrogen-bond donors (Lipinski definition) is 1. The molecule has 1 aliphatic rings. The van der Waals surface area contributed by atoms with Crippen molar-refractivity contribution in [2.24, 2.45) is 5.11 Å². The van der Waals surface area contributed by atoms with Crippen molar-refractivity contribution >= 4 is 11.4 Å². The maximum Gasteiger partial charge on any atom is 0.0379 e. The summed E-state index contributed by atoms with van der Waals surface area (Å²) in [6.45, 7) is 0.981. The first-order valence-electron chi connectivity index (χ1n) is 3.82. The number of nitrogens with zero attached hydrogens (tertiary/aromatic N) is 3. The van der Waals surface area contributed by atoms with Crippen molar-refractivity contribution in [3.63, 3.8) is 0 Å². The highest BCUT2D eigenvalue weighted by molar-refractivity contribution is 5.60. The van der Waals surface area contributed by atoms with Crippen LogP contribution in [0, 0.1) is 0 Å². The molecular formula is C8H8N4. The van der Waals surface area contributed by atoms with Crippen LogP contribution in [0.4, 0.5) is 11.4 Å². The van der Waals surface area contributed by atoms with E-state index >= 15 is 0 Å². The third kappa shape index (κ3) is 1.08. The van der Waals surface area contributed by atoms with E-state index in [4.69, 9.17) is 5.53 Å². The number of nitrogens with one attached hydrogen (secondary N) is 1. The van der Waals surface area contributed by atoms with Crippen LogP contribution in [0.1, 0.15) is 5.56 Å². The predicted molar refractivity (Wildman–Crippen MR) is 47.4 cm³/mol. The summed E-state index contributed by atoms with van der Waals surface area (Å²) in [6, 6.07) is 5.69.